The first-order valence-corrected chi connectivity index (χ1v) is 7.35. The van der Waals surface area contributed by atoms with Crippen molar-refractivity contribution in [2.45, 2.75) is 39.2 Å². The lowest BCUT2D eigenvalue weighted by atomic mass is 10.1. The van der Waals surface area contributed by atoms with Gasteiger partial charge in [-0.25, -0.2) is 0 Å². The monoisotopic (exact) mass is 276 g/mol. The number of hydrogen-bond donors (Lipinski definition) is 2. The minimum absolute atomic E-state index is 0.0542. The fourth-order valence-electron chi connectivity index (χ4n) is 2.37. The molecule has 1 amide bonds. The van der Waals surface area contributed by atoms with Gasteiger partial charge in [0.25, 0.3) is 0 Å². The standard InChI is InChI=1S/C16H24N2O2/c1-12-5-3-7-15(13(12)2)18-16(19)8-9-17-11-14-6-4-10-20-14/h3,5,7,14,17H,4,6,8-11H2,1-2H3,(H,18,19). The molecule has 110 valence electrons. The normalized spacial score (nSPS) is 18.2. The van der Waals surface area contributed by atoms with Crippen molar-refractivity contribution in [3.63, 3.8) is 0 Å². The Morgan fingerprint density at radius 1 is 1.40 bits per heavy atom. The number of benzene rings is 1. The van der Waals surface area contributed by atoms with E-state index in [2.05, 4.69) is 10.6 Å². The van der Waals surface area contributed by atoms with Gasteiger partial charge in [-0.3, -0.25) is 4.79 Å². The molecule has 1 saturated heterocycles. The predicted molar refractivity (Wildman–Crippen MR) is 81.0 cm³/mol. The van der Waals surface area contributed by atoms with Crippen molar-refractivity contribution in [3.8, 4) is 0 Å². The Labute approximate surface area is 120 Å². The van der Waals surface area contributed by atoms with E-state index in [1.165, 1.54) is 5.56 Å². The van der Waals surface area contributed by atoms with E-state index < -0.39 is 0 Å². The van der Waals surface area contributed by atoms with Crippen molar-refractivity contribution in [3.05, 3.63) is 29.3 Å². The van der Waals surface area contributed by atoms with E-state index in [9.17, 15) is 4.79 Å². The van der Waals surface area contributed by atoms with Crippen molar-refractivity contribution in [2.75, 3.05) is 25.0 Å². The molecule has 0 aromatic heterocycles. The third kappa shape index (κ3) is 4.32. The molecule has 1 aliphatic heterocycles. The molecule has 0 saturated carbocycles. The van der Waals surface area contributed by atoms with Crippen LogP contribution in [0, 0.1) is 13.8 Å². The number of ether oxygens (including phenoxy) is 1. The number of anilines is 1. The molecule has 0 bridgehead atoms. The van der Waals surface area contributed by atoms with Crippen LogP contribution in [0.4, 0.5) is 5.69 Å². The molecule has 2 rings (SSSR count). The lowest BCUT2D eigenvalue weighted by molar-refractivity contribution is -0.116. The van der Waals surface area contributed by atoms with Crippen LogP contribution in [0.25, 0.3) is 0 Å². The highest BCUT2D eigenvalue weighted by Gasteiger charge is 2.14. The Balaban J connectivity index is 1.68. The molecule has 1 fully saturated rings. The van der Waals surface area contributed by atoms with E-state index in [1.807, 2.05) is 32.0 Å². The van der Waals surface area contributed by atoms with E-state index in [0.29, 0.717) is 19.1 Å². The summed E-state index contributed by atoms with van der Waals surface area (Å²) in [4.78, 5) is 11.9. The quantitative estimate of drug-likeness (QED) is 0.784. The molecular formula is C16H24N2O2. The molecule has 1 unspecified atom stereocenters. The highest BCUT2D eigenvalue weighted by atomic mass is 16.5. The third-order valence-corrected chi connectivity index (χ3v) is 3.80. The van der Waals surface area contributed by atoms with Gasteiger partial charge in [-0.1, -0.05) is 12.1 Å². The van der Waals surface area contributed by atoms with Gasteiger partial charge < -0.3 is 15.4 Å². The number of aryl methyl sites for hydroxylation is 1. The van der Waals surface area contributed by atoms with E-state index in [4.69, 9.17) is 4.74 Å². The molecule has 1 atom stereocenters. The average molecular weight is 276 g/mol. The van der Waals surface area contributed by atoms with Gasteiger partial charge in [0.15, 0.2) is 0 Å². The Bertz CT molecular complexity index is 454. The Hall–Kier alpha value is -1.39. The fraction of sp³-hybridized carbons (Fsp3) is 0.562. The van der Waals surface area contributed by atoms with Gasteiger partial charge in [-0.15, -0.1) is 0 Å². The molecule has 1 heterocycles. The third-order valence-electron chi connectivity index (χ3n) is 3.80. The summed E-state index contributed by atoms with van der Waals surface area (Å²) in [6.45, 7) is 6.49. The van der Waals surface area contributed by atoms with Crippen LogP contribution in [-0.4, -0.2) is 31.7 Å². The van der Waals surface area contributed by atoms with Gasteiger partial charge >= 0.3 is 0 Å². The molecule has 2 N–H and O–H groups in total. The van der Waals surface area contributed by atoms with Crippen molar-refractivity contribution < 1.29 is 9.53 Å². The zero-order valence-electron chi connectivity index (χ0n) is 12.4. The zero-order chi connectivity index (χ0) is 14.4. The summed E-state index contributed by atoms with van der Waals surface area (Å²) >= 11 is 0. The van der Waals surface area contributed by atoms with Gasteiger partial charge in [0, 0.05) is 31.8 Å². The van der Waals surface area contributed by atoms with Crippen molar-refractivity contribution in [1.82, 2.24) is 5.32 Å². The first kappa shape index (κ1) is 15.0. The fourth-order valence-corrected chi connectivity index (χ4v) is 2.37. The number of rotatable bonds is 6. The van der Waals surface area contributed by atoms with Gasteiger partial charge in [-0.2, -0.15) is 0 Å². The smallest absolute Gasteiger partial charge is 0.225 e. The second kappa shape index (κ2) is 7.41. The zero-order valence-corrected chi connectivity index (χ0v) is 12.4. The largest absolute Gasteiger partial charge is 0.377 e. The Kier molecular flexibility index (Phi) is 5.56. The van der Waals surface area contributed by atoms with E-state index in [-0.39, 0.29) is 5.91 Å². The molecule has 0 aliphatic carbocycles. The summed E-state index contributed by atoms with van der Waals surface area (Å²) in [5, 5.41) is 6.25. The lowest BCUT2D eigenvalue weighted by Gasteiger charge is -2.12. The second-order valence-corrected chi connectivity index (χ2v) is 5.38. The average Bonchev–Trinajstić information content (AvgIpc) is 2.93. The molecule has 4 nitrogen and oxygen atoms in total. The number of carbonyl (C=O) groups is 1. The molecule has 20 heavy (non-hydrogen) atoms. The van der Waals surface area contributed by atoms with E-state index in [1.54, 1.807) is 0 Å². The summed E-state index contributed by atoms with van der Waals surface area (Å²) < 4.78 is 5.52. The maximum atomic E-state index is 11.9. The summed E-state index contributed by atoms with van der Waals surface area (Å²) in [6, 6.07) is 5.96. The number of hydrogen-bond acceptors (Lipinski definition) is 3. The second-order valence-electron chi connectivity index (χ2n) is 5.38. The molecule has 1 aliphatic rings. The molecular weight excluding hydrogens is 252 g/mol. The van der Waals surface area contributed by atoms with Crippen molar-refractivity contribution >= 4 is 11.6 Å². The Morgan fingerprint density at radius 3 is 3.00 bits per heavy atom. The highest BCUT2D eigenvalue weighted by Crippen LogP contribution is 2.18. The molecule has 0 spiro atoms. The predicted octanol–water partition coefficient (Wildman–Crippen LogP) is 2.40. The van der Waals surface area contributed by atoms with Crippen LogP contribution >= 0.6 is 0 Å². The number of nitrogens with one attached hydrogen (secondary N) is 2. The van der Waals surface area contributed by atoms with E-state index in [0.717, 1.165) is 37.2 Å². The number of carbonyl (C=O) groups excluding carboxylic acids is 1. The summed E-state index contributed by atoms with van der Waals surface area (Å²) in [7, 11) is 0. The Morgan fingerprint density at radius 2 is 2.25 bits per heavy atom. The minimum Gasteiger partial charge on any atom is -0.377 e. The van der Waals surface area contributed by atoms with Crippen LogP contribution in [0.3, 0.4) is 0 Å². The van der Waals surface area contributed by atoms with Gasteiger partial charge in [0.1, 0.15) is 0 Å². The van der Waals surface area contributed by atoms with Gasteiger partial charge in [-0.05, 0) is 43.9 Å². The molecule has 4 heteroatoms. The first-order chi connectivity index (χ1) is 9.66. The van der Waals surface area contributed by atoms with Gasteiger partial charge in [0.2, 0.25) is 5.91 Å². The molecule has 0 radical (unpaired) electrons. The summed E-state index contributed by atoms with van der Waals surface area (Å²) in [5.74, 6) is 0.0542. The SMILES string of the molecule is Cc1cccc(NC(=O)CCNCC2CCCO2)c1C. The summed E-state index contributed by atoms with van der Waals surface area (Å²) in [6.07, 6.45) is 3.10. The van der Waals surface area contributed by atoms with Gasteiger partial charge in [0.05, 0.1) is 6.10 Å². The number of amides is 1. The van der Waals surface area contributed by atoms with Crippen LogP contribution in [0.5, 0.6) is 0 Å². The van der Waals surface area contributed by atoms with Crippen LogP contribution in [0.2, 0.25) is 0 Å². The van der Waals surface area contributed by atoms with Crippen LogP contribution in [0.15, 0.2) is 18.2 Å². The highest BCUT2D eigenvalue weighted by molar-refractivity contribution is 5.91. The molecule has 1 aromatic carbocycles. The van der Waals surface area contributed by atoms with Crippen LogP contribution in [-0.2, 0) is 9.53 Å². The van der Waals surface area contributed by atoms with Crippen LogP contribution < -0.4 is 10.6 Å². The maximum absolute atomic E-state index is 11.9. The topological polar surface area (TPSA) is 50.4 Å². The molecule has 1 aromatic rings. The van der Waals surface area contributed by atoms with Crippen LogP contribution in [0.1, 0.15) is 30.4 Å². The minimum atomic E-state index is 0.0542. The maximum Gasteiger partial charge on any atom is 0.225 e. The van der Waals surface area contributed by atoms with Crippen molar-refractivity contribution in [2.24, 2.45) is 0 Å². The van der Waals surface area contributed by atoms with E-state index >= 15 is 0 Å². The lowest BCUT2D eigenvalue weighted by Crippen LogP contribution is -2.29. The first-order valence-electron chi connectivity index (χ1n) is 7.35. The van der Waals surface area contributed by atoms with Crippen molar-refractivity contribution in [1.29, 1.82) is 0 Å². The summed E-state index contributed by atoms with van der Waals surface area (Å²) in [5.41, 5.74) is 3.24.